The molecule has 0 radical (unpaired) electrons. The van der Waals surface area contributed by atoms with Crippen molar-refractivity contribution in [1.29, 1.82) is 0 Å². The van der Waals surface area contributed by atoms with Gasteiger partial charge in [0, 0.05) is 55.5 Å². The number of hydrogen-bond donors (Lipinski definition) is 0. The van der Waals surface area contributed by atoms with E-state index in [1.165, 1.54) is 16.7 Å². The van der Waals surface area contributed by atoms with Crippen LogP contribution in [0.15, 0.2) is 67.0 Å². The molecule has 1 aliphatic heterocycles. The predicted octanol–water partition coefficient (Wildman–Crippen LogP) is 4.78. The van der Waals surface area contributed by atoms with E-state index < -0.39 is 0 Å². The van der Waals surface area contributed by atoms with Gasteiger partial charge in [-0.05, 0) is 26.3 Å². The highest BCUT2D eigenvalue weighted by molar-refractivity contribution is 5.63. The van der Waals surface area contributed by atoms with Crippen molar-refractivity contribution in [3.05, 3.63) is 95.2 Å². The van der Waals surface area contributed by atoms with Crippen LogP contribution in [0, 0.1) is 20.8 Å². The first kappa shape index (κ1) is 22.0. The van der Waals surface area contributed by atoms with Gasteiger partial charge >= 0.3 is 0 Å². The number of nitrogens with zero attached hydrogens (tertiary/aromatic N) is 6. The van der Waals surface area contributed by atoms with Gasteiger partial charge in [-0.1, -0.05) is 60.2 Å². The fraction of sp³-hybridized carbons (Fsp3) is 0.286. The minimum Gasteiger partial charge on any atom is -0.353 e. The molecule has 0 saturated carbocycles. The third kappa shape index (κ3) is 4.76. The van der Waals surface area contributed by atoms with Gasteiger partial charge in [0.15, 0.2) is 0 Å². The first-order valence-corrected chi connectivity index (χ1v) is 11.8. The number of aromatic nitrogens is 4. The SMILES string of the molecule is Cc1ccc(Cc2c(C)nc(C)nc2N2CCN(c3cc(-c4ccccc4)ncn3)CC2)cc1. The van der Waals surface area contributed by atoms with Gasteiger partial charge in [-0.15, -0.1) is 0 Å². The van der Waals surface area contributed by atoms with E-state index in [2.05, 4.69) is 81.1 Å². The van der Waals surface area contributed by atoms with E-state index in [1.807, 2.05) is 25.1 Å². The Morgan fingerprint density at radius 3 is 2.21 bits per heavy atom. The Labute approximate surface area is 201 Å². The normalized spacial score (nSPS) is 13.9. The van der Waals surface area contributed by atoms with Gasteiger partial charge in [-0.2, -0.15) is 0 Å². The van der Waals surface area contributed by atoms with Gasteiger partial charge in [-0.25, -0.2) is 19.9 Å². The van der Waals surface area contributed by atoms with Gasteiger partial charge in [0.2, 0.25) is 0 Å². The highest BCUT2D eigenvalue weighted by Gasteiger charge is 2.23. The van der Waals surface area contributed by atoms with Crippen LogP contribution in [0.2, 0.25) is 0 Å². The molecule has 2 aromatic heterocycles. The van der Waals surface area contributed by atoms with Crippen LogP contribution < -0.4 is 9.80 Å². The zero-order valence-electron chi connectivity index (χ0n) is 20.1. The van der Waals surface area contributed by atoms with Gasteiger partial charge in [0.05, 0.1) is 5.69 Å². The standard InChI is InChI=1S/C28H30N6/c1-20-9-11-23(12-10-20)17-25-21(2)31-22(3)32-28(25)34-15-13-33(14-16-34)27-18-26(29-19-30-27)24-7-5-4-6-8-24/h4-12,18-19H,13-17H2,1-3H3. The molecule has 0 unspecified atom stereocenters. The molecular formula is C28H30N6. The fourth-order valence-corrected chi connectivity index (χ4v) is 4.53. The lowest BCUT2D eigenvalue weighted by molar-refractivity contribution is 0.636. The summed E-state index contributed by atoms with van der Waals surface area (Å²) in [7, 11) is 0. The second-order valence-electron chi connectivity index (χ2n) is 8.92. The van der Waals surface area contributed by atoms with Gasteiger partial charge in [-0.3, -0.25) is 0 Å². The van der Waals surface area contributed by atoms with Crippen molar-refractivity contribution in [2.45, 2.75) is 27.2 Å². The van der Waals surface area contributed by atoms with Gasteiger partial charge in [0.25, 0.3) is 0 Å². The molecule has 5 rings (SSSR count). The number of piperazine rings is 1. The first-order valence-electron chi connectivity index (χ1n) is 11.8. The minimum atomic E-state index is 0.825. The molecule has 1 aliphatic rings. The van der Waals surface area contributed by atoms with Crippen LogP contribution in [0.3, 0.4) is 0 Å². The van der Waals surface area contributed by atoms with Crippen LogP contribution in [0.1, 0.15) is 28.2 Å². The molecule has 1 saturated heterocycles. The number of rotatable bonds is 5. The Balaban J connectivity index is 1.34. The van der Waals surface area contributed by atoms with Crippen molar-refractivity contribution in [3.8, 4) is 11.3 Å². The minimum absolute atomic E-state index is 0.825. The summed E-state index contributed by atoms with van der Waals surface area (Å²) in [4.78, 5) is 23.4. The molecule has 4 aromatic rings. The third-order valence-electron chi connectivity index (χ3n) is 6.43. The quantitative estimate of drug-likeness (QED) is 0.436. The van der Waals surface area contributed by atoms with Crippen molar-refractivity contribution in [2.24, 2.45) is 0 Å². The van der Waals surface area contributed by atoms with Crippen LogP contribution in [0.5, 0.6) is 0 Å². The molecule has 0 atom stereocenters. The summed E-state index contributed by atoms with van der Waals surface area (Å²) in [5, 5.41) is 0. The number of benzene rings is 2. The number of anilines is 2. The van der Waals surface area contributed by atoms with E-state index in [4.69, 9.17) is 4.98 Å². The molecule has 34 heavy (non-hydrogen) atoms. The van der Waals surface area contributed by atoms with Crippen LogP contribution in [-0.2, 0) is 6.42 Å². The zero-order chi connectivity index (χ0) is 23.5. The second kappa shape index (κ2) is 9.59. The van der Waals surface area contributed by atoms with E-state index in [0.29, 0.717) is 0 Å². The number of aryl methyl sites for hydroxylation is 3. The molecule has 3 heterocycles. The summed E-state index contributed by atoms with van der Waals surface area (Å²) >= 11 is 0. The molecule has 0 N–H and O–H groups in total. The predicted molar refractivity (Wildman–Crippen MR) is 137 cm³/mol. The maximum Gasteiger partial charge on any atom is 0.136 e. The molecule has 6 nitrogen and oxygen atoms in total. The lowest BCUT2D eigenvalue weighted by Gasteiger charge is -2.37. The maximum absolute atomic E-state index is 4.89. The Kier molecular flexibility index (Phi) is 6.21. The van der Waals surface area contributed by atoms with Gasteiger partial charge < -0.3 is 9.80 Å². The first-order chi connectivity index (χ1) is 16.6. The number of hydrogen-bond acceptors (Lipinski definition) is 6. The average molecular weight is 451 g/mol. The second-order valence-corrected chi connectivity index (χ2v) is 8.92. The molecule has 172 valence electrons. The molecule has 0 aliphatic carbocycles. The summed E-state index contributed by atoms with van der Waals surface area (Å²) in [6, 6.07) is 21.1. The summed E-state index contributed by atoms with van der Waals surface area (Å²) in [5.74, 6) is 2.87. The Hall–Kier alpha value is -3.80. The average Bonchev–Trinajstić information content (AvgIpc) is 2.87. The van der Waals surface area contributed by atoms with Crippen LogP contribution >= 0.6 is 0 Å². The van der Waals surface area contributed by atoms with Crippen LogP contribution in [0.4, 0.5) is 11.6 Å². The molecule has 0 bridgehead atoms. The van der Waals surface area contributed by atoms with E-state index in [-0.39, 0.29) is 0 Å². The monoisotopic (exact) mass is 450 g/mol. The van der Waals surface area contributed by atoms with Crippen molar-refractivity contribution in [2.75, 3.05) is 36.0 Å². The Morgan fingerprint density at radius 2 is 1.47 bits per heavy atom. The van der Waals surface area contributed by atoms with E-state index >= 15 is 0 Å². The molecular weight excluding hydrogens is 420 g/mol. The van der Waals surface area contributed by atoms with E-state index in [1.54, 1.807) is 6.33 Å². The molecule has 2 aromatic carbocycles. The lowest BCUT2D eigenvalue weighted by Crippen LogP contribution is -2.47. The van der Waals surface area contributed by atoms with Crippen LogP contribution in [-0.4, -0.2) is 46.1 Å². The van der Waals surface area contributed by atoms with Crippen molar-refractivity contribution >= 4 is 11.6 Å². The largest absolute Gasteiger partial charge is 0.353 e. The maximum atomic E-state index is 4.89. The zero-order valence-corrected chi connectivity index (χ0v) is 20.1. The third-order valence-corrected chi connectivity index (χ3v) is 6.43. The highest BCUT2D eigenvalue weighted by atomic mass is 15.3. The molecule has 0 spiro atoms. The van der Waals surface area contributed by atoms with Crippen molar-refractivity contribution < 1.29 is 0 Å². The Morgan fingerprint density at radius 1 is 0.765 bits per heavy atom. The highest BCUT2D eigenvalue weighted by Crippen LogP contribution is 2.27. The summed E-state index contributed by atoms with van der Waals surface area (Å²) in [6.45, 7) is 9.76. The van der Waals surface area contributed by atoms with E-state index in [9.17, 15) is 0 Å². The Bertz CT molecular complexity index is 1260. The van der Waals surface area contributed by atoms with Crippen molar-refractivity contribution in [3.63, 3.8) is 0 Å². The fourth-order valence-electron chi connectivity index (χ4n) is 4.53. The smallest absolute Gasteiger partial charge is 0.136 e. The van der Waals surface area contributed by atoms with Gasteiger partial charge in [0.1, 0.15) is 23.8 Å². The molecule has 6 heteroatoms. The summed E-state index contributed by atoms with van der Waals surface area (Å²) < 4.78 is 0. The lowest BCUT2D eigenvalue weighted by atomic mass is 10.0. The summed E-state index contributed by atoms with van der Waals surface area (Å²) in [5.41, 5.74) is 6.91. The molecule has 1 fully saturated rings. The van der Waals surface area contributed by atoms with Crippen molar-refractivity contribution in [1.82, 2.24) is 19.9 Å². The van der Waals surface area contributed by atoms with Crippen LogP contribution in [0.25, 0.3) is 11.3 Å². The molecule has 0 amide bonds. The topological polar surface area (TPSA) is 58.0 Å². The van der Waals surface area contributed by atoms with E-state index in [0.717, 1.165) is 67.0 Å². The summed E-state index contributed by atoms with van der Waals surface area (Å²) in [6.07, 6.45) is 2.51.